The summed E-state index contributed by atoms with van der Waals surface area (Å²) in [5, 5.41) is 2.75. The lowest BCUT2D eigenvalue weighted by Gasteiger charge is -2.11. The summed E-state index contributed by atoms with van der Waals surface area (Å²) in [6.45, 7) is 4.18. The van der Waals surface area contributed by atoms with E-state index in [-0.39, 0.29) is 11.9 Å². The number of rotatable bonds is 9. The van der Waals surface area contributed by atoms with E-state index in [1.165, 1.54) is 0 Å². The highest BCUT2D eigenvalue weighted by atomic mass is 16.2. The van der Waals surface area contributed by atoms with Gasteiger partial charge in [0.15, 0.2) is 0 Å². The number of carbonyl (C=O) groups is 2. The summed E-state index contributed by atoms with van der Waals surface area (Å²) in [6.07, 6.45) is 7.29. The first-order valence-corrected chi connectivity index (χ1v) is 5.99. The Morgan fingerprint density at radius 3 is 2.40 bits per heavy atom. The Balaban J connectivity index is 3.65. The molecule has 3 heteroatoms. The van der Waals surface area contributed by atoms with Gasteiger partial charge in [-0.05, 0) is 12.8 Å². The van der Waals surface area contributed by atoms with E-state index in [0.717, 1.165) is 44.8 Å². The lowest BCUT2D eigenvalue weighted by Crippen LogP contribution is -2.35. The molecule has 15 heavy (non-hydrogen) atoms. The fraction of sp³-hybridized carbons (Fsp3) is 0.833. The highest BCUT2D eigenvalue weighted by molar-refractivity contribution is 5.79. The largest absolute Gasteiger partial charge is 0.347 e. The summed E-state index contributed by atoms with van der Waals surface area (Å²) in [5.41, 5.74) is 0. The van der Waals surface area contributed by atoms with E-state index < -0.39 is 0 Å². The lowest BCUT2D eigenvalue weighted by atomic mass is 10.1. The smallest absolute Gasteiger partial charge is 0.220 e. The van der Waals surface area contributed by atoms with Gasteiger partial charge in [-0.1, -0.05) is 39.5 Å². The van der Waals surface area contributed by atoms with E-state index >= 15 is 0 Å². The van der Waals surface area contributed by atoms with Crippen LogP contribution in [-0.4, -0.2) is 18.2 Å². The van der Waals surface area contributed by atoms with E-state index in [2.05, 4.69) is 19.2 Å². The Morgan fingerprint density at radius 2 is 1.87 bits per heavy atom. The molecule has 88 valence electrons. The summed E-state index contributed by atoms with van der Waals surface area (Å²) in [7, 11) is 0. The molecule has 0 saturated carbocycles. The van der Waals surface area contributed by atoms with Gasteiger partial charge >= 0.3 is 0 Å². The Hall–Kier alpha value is -0.860. The molecule has 0 aromatic carbocycles. The van der Waals surface area contributed by atoms with Crippen molar-refractivity contribution in [1.29, 1.82) is 0 Å². The van der Waals surface area contributed by atoms with Crippen LogP contribution in [0.3, 0.4) is 0 Å². The van der Waals surface area contributed by atoms with Gasteiger partial charge in [0.25, 0.3) is 0 Å². The van der Waals surface area contributed by atoms with Gasteiger partial charge < -0.3 is 10.1 Å². The molecule has 0 aliphatic carbocycles. The number of hydrogen-bond donors (Lipinski definition) is 1. The molecule has 1 atom stereocenters. The molecule has 1 amide bonds. The normalized spacial score (nSPS) is 12.1. The Kier molecular flexibility index (Phi) is 9.13. The van der Waals surface area contributed by atoms with Gasteiger partial charge in [0.2, 0.25) is 5.91 Å². The Morgan fingerprint density at radius 1 is 1.20 bits per heavy atom. The zero-order valence-electron chi connectivity index (χ0n) is 9.92. The summed E-state index contributed by atoms with van der Waals surface area (Å²) in [6, 6.07) is -0.279. The zero-order chi connectivity index (χ0) is 11.5. The van der Waals surface area contributed by atoms with Gasteiger partial charge in [0, 0.05) is 6.42 Å². The van der Waals surface area contributed by atoms with Gasteiger partial charge in [-0.3, -0.25) is 4.79 Å². The van der Waals surface area contributed by atoms with Gasteiger partial charge in [0.05, 0.1) is 6.04 Å². The fourth-order valence-electron chi connectivity index (χ4n) is 1.41. The first-order chi connectivity index (χ1) is 7.24. The maximum atomic E-state index is 11.4. The maximum absolute atomic E-state index is 11.4. The third-order valence-corrected chi connectivity index (χ3v) is 2.39. The molecular weight excluding hydrogens is 190 g/mol. The van der Waals surface area contributed by atoms with Crippen LogP contribution in [0.15, 0.2) is 0 Å². The summed E-state index contributed by atoms with van der Waals surface area (Å²) in [4.78, 5) is 22.0. The maximum Gasteiger partial charge on any atom is 0.220 e. The van der Waals surface area contributed by atoms with E-state index in [4.69, 9.17) is 0 Å². The molecule has 0 aromatic rings. The van der Waals surface area contributed by atoms with Gasteiger partial charge in [-0.15, -0.1) is 0 Å². The zero-order valence-corrected chi connectivity index (χ0v) is 9.92. The van der Waals surface area contributed by atoms with Crippen LogP contribution in [0.25, 0.3) is 0 Å². The summed E-state index contributed by atoms with van der Waals surface area (Å²) in [5.74, 6) is 0.0108. The molecule has 0 aromatic heterocycles. The van der Waals surface area contributed by atoms with Crippen LogP contribution in [0.1, 0.15) is 58.8 Å². The topological polar surface area (TPSA) is 46.2 Å². The van der Waals surface area contributed by atoms with Crippen molar-refractivity contribution in [3.8, 4) is 0 Å². The SMILES string of the molecule is CCCCCC(=O)NC(C=O)CCCC. The van der Waals surface area contributed by atoms with Crippen molar-refractivity contribution in [1.82, 2.24) is 5.32 Å². The van der Waals surface area contributed by atoms with Crippen molar-refractivity contribution in [3.05, 3.63) is 0 Å². The number of amides is 1. The molecule has 0 radical (unpaired) electrons. The average Bonchev–Trinajstić information content (AvgIpc) is 2.24. The molecule has 0 aliphatic heterocycles. The number of hydrogen-bond acceptors (Lipinski definition) is 2. The molecule has 0 fully saturated rings. The lowest BCUT2D eigenvalue weighted by molar-refractivity contribution is -0.124. The number of nitrogens with one attached hydrogen (secondary N) is 1. The molecule has 0 aliphatic rings. The van der Waals surface area contributed by atoms with Gasteiger partial charge in [0.1, 0.15) is 6.29 Å². The molecular formula is C12H23NO2. The van der Waals surface area contributed by atoms with E-state index in [1.807, 2.05) is 0 Å². The van der Waals surface area contributed by atoms with Crippen LogP contribution in [0, 0.1) is 0 Å². The van der Waals surface area contributed by atoms with E-state index in [0.29, 0.717) is 6.42 Å². The summed E-state index contributed by atoms with van der Waals surface area (Å²) < 4.78 is 0. The predicted molar refractivity (Wildman–Crippen MR) is 61.7 cm³/mol. The molecule has 0 heterocycles. The van der Waals surface area contributed by atoms with Crippen molar-refractivity contribution in [2.24, 2.45) is 0 Å². The number of aldehydes is 1. The van der Waals surface area contributed by atoms with Crippen LogP contribution in [-0.2, 0) is 9.59 Å². The third-order valence-electron chi connectivity index (χ3n) is 2.39. The Labute approximate surface area is 92.6 Å². The molecule has 0 bridgehead atoms. The van der Waals surface area contributed by atoms with Crippen LogP contribution in [0.2, 0.25) is 0 Å². The molecule has 0 rings (SSSR count). The van der Waals surface area contributed by atoms with E-state index in [9.17, 15) is 9.59 Å². The molecule has 1 N–H and O–H groups in total. The molecule has 1 unspecified atom stereocenters. The van der Waals surface area contributed by atoms with Crippen LogP contribution in [0.5, 0.6) is 0 Å². The minimum Gasteiger partial charge on any atom is -0.347 e. The number of unbranched alkanes of at least 4 members (excludes halogenated alkanes) is 3. The second-order valence-corrected chi connectivity index (χ2v) is 3.91. The fourth-order valence-corrected chi connectivity index (χ4v) is 1.41. The van der Waals surface area contributed by atoms with Crippen LogP contribution in [0.4, 0.5) is 0 Å². The second-order valence-electron chi connectivity index (χ2n) is 3.91. The van der Waals surface area contributed by atoms with Crippen molar-refractivity contribution in [2.75, 3.05) is 0 Å². The summed E-state index contributed by atoms with van der Waals surface area (Å²) >= 11 is 0. The minimum absolute atomic E-state index is 0.0108. The van der Waals surface area contributed by atoms with Gasteiger partial charge in [-0.2, -0.15) is 0 Å². The van der Waals surface area contributed by atoms with Crippen molar-refractivity contribution in [3.63, 3.8) is 0 Å². The number of carbonyl (C=O) groups excluding carboxylic acids is 2. The first kappa shape index (κ1) is 14.1. The Bertz CT molecular complexity index is 180. The van der Waals surface area contributed by atoms with E-state index in [1.54, 1.807) is 0 Å². The standard InChI is InChI=1S/C12H23NO2/c1-3-5-7-9-12(15)13-11(10-14)8-6-4-2/h10-11H,3-9H2,1-2H3,(H,13,15). The highest BCUT2D eigenvalue weighted by Gasteiger charge is 2.09. The average molecular weight is 213 g/mol. The van der Waals surface area contributed by atoms with Crippen molar-refractivity contribution >= 4 is 12.2 Å². The predicted octanol–water partition coefficient (Wildman–Crippen LogP) is 2.44. The van der Waals surface area contributed by atoms with Crippen LogP contribution >= 0.6 is 0 Å². The van der Waals surface area contributed by atoms with Crippen LogP contribution < -0.4 is 5.32 Å². The second kappa shape index (κ2) is 9.69. The third kappa shape index (κ3) is 8.16. The minimum atomic E-state index is -0.279. The van der Waals surface area contributed by atoms with Crippen molar-refractivity contribution < 1.29 is 9.59 Å². The molecule has 0 spiro atoms. The molecule has 3 nitrogen and oxygen atoms in total. The van der Waals surface area contributed by atoms with Crippen molar-refractivity contribution in [2.45, 2.75) is 64.8 Å². The van der Waals surface area contributed by atoms with Gasteiger partial charge in [-0.25, -0.2) is 0 Å². The first-order valence-electron chi connectivity index (χ1n) is 5.99. The monoisotopic (exact) mass is 213 g/mol. The molecule has 0 saturated heterocycles. The quantitative estimate of drug-likeness (QED) is 0.472. The highest BCUT2D eigenvalue weighted by Crippen LogP contribution is 2.01.